The van der Waals surface area contributed by atoms with Gasteiger partial charge in [-0.25, -0.2) is 9.97 Å². The maximum atomic E-state index is 6.11. The lowest BCUT2D eigenvalue weighted by Gasteiger charge is -2.22. The summed E-state index contributed by atoms with van der Waals surface area (Å²) in [6.07, 6.45) is 4.30. The maximum absolute atomic E-state index is 6.11. The zero-order valence-corrected chi connectivity index (χ0v) is 11.2. The number of halogens is 2. The van der Waals surface area contributed by atoms with Gasteiger partial charge in [0.1, 0.15) is 11.3 Å². The van der Waals surface area contributed by atoms with E-state index in [2.05, 4.69) is 19.8 Å². The highest BCUT2D eigenvalue weighted by Gasteiger charge is 2.17. The van der Waals surface area contributed by atoms with Crippen LogP contribution in [0.1, 0.15) is 6.42 Å². The molecule has 0 spiro atoms. The first kappa shape index (κ1) is 12.9. The highest BCUT2D eigenvalue weighted by molar-refractivity contribution is 6.32. The van der Waals surface area contributed by atoms with Crippen molar-refractivity contribution in [1.29, 1.82) is 0 Å². The second-order valence-corrected chi connectivity index (χ2v) is 4.85. The largest absolute Gasteiger partial charge is 0.354 e. The van der Waals surface area contributed by atoms with Crippen molar-refractivity contribution in [3.8, 4) is 0 Å². The third-order valence-corrected chi connectivity index (χ3v) is 3.37. The van der Waals surface area contributed by atoms with Gasteiger partial charge in [0.05, 0.1) is 6.20 Å². The Labute approximate surface area is 112 Å². The fourth-order valence-electron chi connectivity index (χ4n) is 2.06. The molecule has 17 heavy (non-hydrogen) atoms. The maximum Gasteiger partial charge on any atom is 0.150 e. The van der Waals surface area contributed by atoms with Crippen LogP contribution in [-0.2, 0) is 0 Å². The van der Waals surface area contributed by atoms with Gasteiger partial charge in [0.2, 0.25) is 0 Å². The minimum absolute atomic E-state index is 0.623. The molecule has 1 aromatic rings. The summed E-state index contributed by atoms with van der Waals surface area (Å²) in [6.45, 7) is 4.97. The van der Waals surface area contributed by atoms with Gasteiger partial charge in [0, 0.05) is 32.1 Å². The summed E-state index contributed by atoms with van der Waals surface area (Å²) < 4.78 is 0. The van der Waals surface area contributed by atoms with Crippen LogP contribution in [0.4, 0.5) is 5.82 Å². The zero-order valence-electron chi connectivity index (χ0n) is 9.65. The first-order valence-corrected chi connectivity index (χ1v) is 6.71. The van der Waals surface area contributed by atoms with Crippen LogP contribution in [0.3, 0.4) is 0 Å². The summed E-state index contributed by atoms with van der Waals surface area (Å²) in [7, 11) is 0. The van der Waals surface area contributed by atoms with Crippen molar-refractivity contribution >= 4 is 29.0 Å². The van der Waals surface area contributed by atoms with E-state index in [1.165, 1.54) is 0 Å². The quantitative estimate of drug-likeness (QED) is 0.788. The Bertz CT molecular complexity index is 361. The van der Waals surface area contributed by atoms with E-state index >= 15 is 0 Å². The third kappa shape index (κ3) is 3.44. The minimum atomic E-state index is 0.623. The molecule has 4 nitrogen and oxygen atoms in total. The molecular weight excluding hydrogens is 259 g/mol. The van der Waals surface area contributed by atoms with E-state index < -0.39 is 0 Å². The van der Waals surface area contributed by atoms with Gasteiger partial charge < -0.3 is 9.80 Å². The summed E-state index contributed by atoms with van der Waals surface area (Å²) in [5, 5.41) is 0.623. The second kappa shape index (κ2) is 6.38. The predicted octanol–water partition coefficient (Wildman–Crippen LogP) is 1.88. The molecule has 0 unspecified atom stereocenters. The van der Waals surface area contributed by atoms with E-state index in [4.69, 9.17) is 23.2 Å². The van der Waals surface area contributed by atoms with Gasteiger partial charge in [-0.3, -0.25) is 0 Å². The van der Waals surface area contributed by atoms with Crippen LogP contribution in [0.2, 0.25) is 5.02 Å². The highest BCUT2D eigenvalue weighted by atomic mass is 35.5. The van der Waals surface area contributed by atoms with Gasteiger partial charge in [0.25, 0.3) is 0 Å². The van der Waals surface area contributed by atoms with Crippen LogP contribution in [-0.4, -0.2) is 53.5 Å². The van der Waals surface area contributed by atoms with E-state index in [0.29, 0.717) is 10.9 Å². The topological polar surface area (TPSA) is 32.3 Å². The van der Waals surface area contributed by atoms with Crippen molar-refractivity contribution < 1.29 is 0 Å². The molecule has 1 aliphatic rings. The van der Waals surface area contributed by atoms with E-state index in [1.807, 2.05) is 0 Å². The number of aromatic nitrogens is 2. The number of hydrogen-bond acceptors (Lipinski definition) is 4. The zero-order chi connectivity index (χ0) is 12.1. The smallest absolute Gasteiger partial charge is 0.150 e. The Morgan fingerprint density at radius 3 is 2.88 bits per heavy atom. The molecule has 1 aromatic heterocycles. The molecule has 1 fully saturated rings. The molecule has 0 saturated carbocycles. The number of anilines is 1. The normalized spacial score (nSPS) is 18.1. The first-order valence-electron chi connectivity index (χ1n) is 5.80. The molecule has 94 valence electrons. The van der Waals surface area contributed by atoms with Gasteiger partial charge >= 0.3 is 0 Å². The van der Waals surface area contributed by atoms with Crippen LogP contribution in [0, 0.1) is 0 Å². The van der Waals surface area contributed by atoms with Crippen molar-refractivity contribution in [2.45, 2.75) is 6.42 Å². The standard InChI is InChI=1S/C11H16Cl2N4/c12-2-5-16-3-1-4-17(7-6-16)11-10(13)8-14-9-15-11/h8-9H,1-7H2. The summed E-state index contributed by atoms with van der Waals surface area (Å²) >= 11 is 11.9. The summed E-state index contributed by atoms with van der Waals surface area (Å²) in [5.41, 5.74) is 0. The van der Waals surface area contributed by atoms with Gasteiger partial charge in [-0.05, 0) is 13.0 Å². The van der Waals surface area contributed by atoms with Crippen molar-refractivity contribution in [3.05, 3.63) is 17.5 Å². The molecule has 0 atom stereocenters. The van der Waals surface area contributed by atoms with Crippen LogP contribution in [0.15, 0.2) is 12.5 Å². The third-order valence-electron chi connectivity index (χ3n) is 2.94. The number of hydrogen-bond donors (Lipinski definition) is 0. The molecule has 1 saturated heterocycles. The molecule has 2 rings (SSSR count). The monoisotopic (exact) mass is 274 g/mol. The van der Waals surface area contributed by atoms with Gasteiger partial charge in [-0.2, -0.15) is 0 Å². The molecule has 0 bridgehead atoms. The molecule has 0 amide bonds. The van der Waals surface area contributed by atoms with E-state index in [1.54, 1.807) is 12.5 Å². The lowest BCUT2D eigenvalue weighted by atomic mass is 10.4. The van der Waals surface area contributed by atoms with Crippen LogP contribution in [0.5, 0.6) is 0 Å². The Hall–Kier alpha value is -0.580. The van der Waals surface area contributed by atoms with Gasteiger partial charge in [-0.15, -0.1) is 11.6 Å². The van der Waals surface area contributed by atoms with Crippen LogP contribution < -0.4 is 4.90 Å². The van der Waals surface area contributed by atoms with Crippen molar-refractivity contribution in [2.75, 3.05) is 43.5 Å². The molecule has 0 radical (unpaired) electrons. The Morgan fingerprint density at radius 1 is 1.24 bits per heavy atom. The van der Waals surface area contributed by atoms with E-state index in [0.717, 1.165) is 45.0 Å². The van der Waals surface area contributed by atoms with Crippen LogP contribution in [0.25, 0.3) is 0 Å². The molecule has 0 aliphatic carbocycles. The lowest BCUT2D eigenvalue weighted by Crippen LogP contribution is -2.32. The van der Waals surface area contributed by atoms with Crippen LogP contribution >= 0.6 is 23.2 Å². The first-order chi connectivity index (χ1) is 8.31. The van der Waals surface area contributed by atoms with Gasteiger partial charge in [-0.1, -0.05) is 11.6 Å². The van der Waals surface area contributed by atoms with E-state index in [9.17, 15) is 0 Å². The number of rotatable bonds is 3. The predicted molar refractivity (Wildman–Crippen MR) is 71.0 cm³/mol. The average Bonchev–Trinajstić information content (AvgIpc) is 2.56. The summed E-state index contributed by atoms with van der Waals surface area (Å²) in [4.78, 5) is 12.8. The number of nitrogens with zero attached hydrogens (tertiary/aromatic N) is 4. The molecular formula is C11H16Cl2N4. The fourth-order valence-corrected chi connectivity index (χ4v) is 2.53. The number of alkyl halides is 1. The van der Waals surface area contributed by atoms with E-state index in [-0.39, 0.29) is 0 Å². The minimum Gasteiger partial charge on any atom is -0.354 e. The summed E-state index contributed by atoms with van der Waals surface area (Å²) in [6, 6.07) is 0. The van der Waals surface area contributed by atoms with Crippen molar-refractivity contribution in [1.82, 2.24) is 14.9 Å². The van der Waals surface area contributed by atoms with Gasteiger partial charge in [0.15, 0.2) is 5.82 Å². The SMILES string of the molecule is ClCCN1CCCN(c2ncncc2Cl)CC1. The molecule has 0 aromatic carbocycles. The molecule has 0 N–H and O–H groups in total. The fraction of sp³-hybridized carbons (Fsp3) is 0.636. The Morgan fingerprint density at radius 2 is 2.12 bits per heavy atom. The summed E-state index contributed by atoms with van der Waals surface area (Å²) in [5.74, 6) is 1.53. The molecule has 2 heterocycles. The highest BCUT2D eigenvalue weighted by Crippen LogP contribution is 2.22. The lowest BCUT2D eigenvalue weighted by molar-refractivity contribution is 0.311. The second-order valence-electron chi connectivity index (χ2n) is 4.07. The Balaban J connectivity index is 2.01. The van der Waals surface area contributed by atoms with Crippen molar-refractivity contribution in [2.24, 2.45) is 0 Å². The molecule has 1 aliphatic heterocycles. The van der Waals surface area contributed by atoms with Crippen molar-refractivity contribution in [3.63, 3.8) is 0 Å². The average molecular weight is 275 g/mol. The molecule has 6 heteroatoms. The Kier molecular flexibility index (Phi) is 4.83.